The molecule has 2 unspecified atom stereocenters. The molecule has 1 aliphatic heterocycles. The van der Waals surface area contributed by atoms with Gasteiger partial charge in [-0.1, -0.05) is 12.1 Å². The van der Waals surface area contributed by atoms with E-state index in [2.05, 4.69) is 34.5 Å². The average Bonchev–Trinajstić information content (AvgIpc) is 3.06. The molecular formula is C19H28N2O3. The topological polar surface area (TPSA) is 72.8 Å². The smallest absolute Gasteiger partial charge is 0.225 e. The number of piperidine rings is 1. The first-order valence-electron chi connectivity index (χ1n) is 9.08. The molecule has 1 heterocycles. The first-order valence-corrected chi connectivity index (χ1v) is 9.08. The van der Waals surface area contributed by atoms with Crippen molar-refractivity contribution in [1.29, 1.82) is 0 Å². The molecule has 5 heteroatoms. The number of aliphatic hydroxyl groups excluding tert-OH is 2. The van der Waals surface area contributed by atoms with Crippen LogP contribution in [0.3, 0.4) is 0 Å². The highest BCUT2D eigenvalue weighted by atomic mass is 16.3. The van der Waals surface area contributed by atoms with Gasteiger partial charge in [-0.2, -0.15) is 0 Å². The number of anilines is 1. The Morgan fingerprint density at radius 3 is 2.42 bits per heavy atom. The van der Waals surface area contributed by atoms with E-state index in [1.807, 2.05) is 0 Å². The highest BCUT2D eigenvalue weighted by Gasteiger charge is 2.31. The van der Waals surface area contributed by atoms with E-state index in [4.69, 9.17) is 0 Å². The molecule has 0 radical (unpaired) electrons. The summed E-state index contributed by atoms with van der Waals surface area (Å²) in [6.07, 6.45) is 4.06. The Labute approximate surface area is 143 Å². The third-order valence-corrected chi connectivity index (χ3v) is 5.46. The van der Waals surface area contributed by atoms with Crippen LogP contribution in [0.2, 0.25) is 0 Å². The van der Waals surface area contributed by atoms with Crippen LogP contribution in [-0.2, 0) is 11.3 Å². The van der Waals surface area contributed by atoms with Gasteiger partial charge in [0, 0.05) is 31.9 Å². The van der Waals surface area contributed by atoms with E-state index >= 15 is 0 Å². The monoisotopic (exact) mass is 332 g/mol. The summed E-state index contributed by atoms with van der Waals surface area (Å²) in [6, 6.07) is 8.31. The number of nitrogens with one attached hydrogen (secondary N) is 1. The Bertz CT molecular complexity index is 538. The van der Waals surface area contributed by atoms with E-state index in [9.17, 15) is 15.0 Å². The third kappa shape index (κ3) is 4.08. The SMILES string of the molecule is O=C(NCc1ccc(N2CCC(CO)CC2)cc1)C1CCCC1O. The molecule has 0 bridgehead atoms. The molecule has 1 aromatic carbocycles. The van der Waals surface area contributed by atoms with Crippen LogP contribution in [0.25, 0.3) is 0 Å². The molecule has 3 N–H and O–H groups in total. The lowest BCUT2D eigenvalue weighted by atomic mass is 9.97. The number of rotatable bonds is 5. The third-order valence-electron chi connectivity index (χ3n) is 5.46. The van der Waals surface area contributed by atoms with E-state index in [0.717, 1.165) is 50.8 Å². The summed E-state index contributed by atoms with van der Waals surface area (Å²) in [5.74, 6) is 0.175. The van der Waals surface area contributed by atoms with Gasteiger partial charge in [-0.15, -0.1) is 0 Å². The van der Waals surface area contributed by atoms with Crippen LogP contribution in [0.1, 0.15) is 37.7 Å². The number of nitrogens with zero attached hydrogens (tertiary/aromatic N) is 1. The predicted octanol–water partition coefficient (Wildman–Crippen LogP) is 1.67. The Kier molecular flexibility index (Phi) is 5.74. The maximum Gasteiger partial charge on any atom is 0.225 e. The summed E-state index contributed by atoms with van der Waals surface area (Å²) >= 11 is 0. The number of hydrogen-bond acceptors (Lipinski definition) is 4. The second-order valence-electron chi connectivity index (χ2n) is 7.10. The Morgan fingerprint density at radius 2 is 1.83 bits per heavy atom. The van der Waals surface area contributed by atoms with Crippen LogP contribution in [-0.4, -0.2) is 41.9 Å². The van der Waals surface area contributed by atoms with E-state index in [1.165, 1.54) is 5.69 Å². The lowest BCUT2D eigenvalue weighted by Gasteiger charge is -2.33. The highest BCUT2D eigenvalue weighted by Crippen LogP contribution is 2.26. The molecule has 0 spiro atoms. The summed E-state index contributed by atoms with van der Waals surface area (Å²) < 4.78 is 0. The molecule has 0 aromatic heterocycles. The lowest BCUT2D eigenvalue weighted by molar-refractivity contribution is -0.127. The first-order chi connectivity index (χ1) is 11.7. The van der Waals surface area contributed by atoms with Gasteiger partial charge >= 0.3 is 0 Å². The van der Waals surface area contributed by atoms with Gasteiger partial charge in [0.25, 0.3) is 0 Å². The fourth-order valence-electron chi connectivity index (χ4n) is 3.76. The molecule has 3 rings (SSSR count). The molecule has 1 aliphatic carbocycles. The van der Waals surface area contributed by atoms with Crippen molar-refractivity contribution in [3.63, 3.8) is 0 Å². The average molecular weight is 332 g/mol. The molecule has 1 saturated heterocycles. The second-order valence-corrected chi connectivity index (χ2v) is 7.10. The van der Waals surface area contributed by atoms with Crippen LogP contribution in [0.5, 0.6) is 0 Å². The molecule has 2 fully saturated rings. The zero-order valence-electron chi connectivity index (χ0n) is 14.2. The molecule has 2 atom stereocenters. The minimum absolute atomic E-state index is 0.0323. The lowest BCUT2D eigenvalue weighted by Crippen LogP contribution is -2.35. The van der Waals surface area contributed by atoms with Gasteiger partial charge in [0.05, 0.1) is 12.0 Å². The molecule has 1 aromatic rings. The number of aliphatic hydroxyl groups is 2. The van der Waals surface area contributed by atoms with Gasteiger partial charge < -0.3 is 20.4 Å². The van der Waals surface area contributed by atoms with Crippen LogP contribution in [0.15, 0.2) is 24.3 Å². The van der Waals surface area contributed by atoms with Crippen molar-refractivity contribution >= 4 is 11.6 Å². The van der Waals surface area contributed by atoms with Crippen molar-refractivity contribution in [2.75, 3.05) is 24.6 Å². The zero-order valence-corrected chi connectivity index (χ0v) is 14.2. The summed E-state index contributed by atoms with van der Waals surface area (Å²) in [5, 5.41) is 21.9. The second kappa shape index (κ2) is 7.99. The molecule has 1 amide bonds. The first kappa shape index (κ1) is 17.2. The molecule has 1 saturated carbocycles. The molecule has 5 nitrogen and oxygen atoms in total. The number of amides is 1. The number of hydrogen-bond donors (Lipinski definition) is 3. The fraction of sp³-hybridized carbons (Fsp3) is 0.632. The van der Waals surface area contributed by atoms with Crippen molar-refractivity contribution in [3.05, 3.63) is 29.8 Å². The Hall–Kier alpha value is -1.59. The van der Waals surface area contributed by atoms with E-state index in [1.54, 1.807) is 0 Å². The molecular weight excluding hydrogens is 304 g/mol. The normalized spacial score (nSPS) is 25.0. The van der Waals surface area contributed by atoms with Gasteiger partial charge in [0.1, 0.15) is 0 Å². The Morgan fingerprint density at radius 1 is 1.12 bits per heavy atom. The van der Waals surface area contributed by atoms with Gasteiger partial charge in [-0.05, 0) is 55.7 Å². The van der Waals surface area contributed by atoms with Gasteiger partial charge in [-0.25, -0.2) is 0 Å². The summed E-state index contributed by atoms with van der Waals surface area (Å²) in [6.45, 7) is 2.78. The fourth-order valence-corrected chi connectivity index (χ4v) is 3.76. The van der Waals surface area contributed by atoms with E-state index in [0.29, 0.717) is 19.1 Å². The minimum Gasteiger partial charge on any atom is -0.396 e. The maximum atomic E-state index is 12.1. The van der Waals surface area contributed by atoms with Crippen molar-refractivity contribution < 1.29 is 15.0 Å². The largest absolute Gasteiger partial charge is 0.396 e. The number of carbonyl (C=O) groups excluding carboxylic acids is 1. The van der Waals surface area contributed by atoms with Crippen molar-refractivity contribution in [1.82, 2.24) is 5.32 Å². The summed E-state index contributed by atoms with van der Waals surface area (Å²) in [5.41, 5.74) is 2.28. The number of benzene rings is 1. The predicted molar refractivity (Wildman–Crippen MR) is 93.7 cm³/mol. The van der Waals surface area contributed by atoms with Crippen LogP contribution >= 0.6 is 0 Å². The van der Waals surface area contributed by atoms with Crippen molar-refractivity contribution in [2.45, 2.75) is 44.8 Å². The van der Waals surface area contributed by atoms with E-state index in [-0.39, 0.29) is 11.8 Å². The molecule has 132 valence electrons. The van der Waals surface area contributed by atoms with Crippen molar-refractivity contribution in [2.24, 2.45) is 11.8 Å². The van der Waals surface area contributed by atoms with Gasteiger partial charge in [0.2, 0.25) is 5.91 Å². The van der Waals surface area contributed by atoms with Gasteiger partial charge in [-0.3, -0.25) is 4.79 Å². The van der Waals surface area contributed by atoms with Gasteiger partial charge in [0.15, 0.2) is 0 Å². The summed E-state index contributed by atoms with van der Waals surface area (Å²) in [4.78, 5) is 14.5. The minimum atomic E-state index is -0.478. The highest BCUT2D eigenvalue weighted by molar-refractivity contribution is 5.79. The van der Waals surface area contributed by atoms with Crippen LogP contribution in [0, 0.1) is 11.8 Å². The quantitative estimate of drug-likeness (QED) is 0.767. The summed E-state index contributed by atoms with van der Waals surface area (Å²) in [7, 11) is 0. The van der Waals surface area contributed by atoms with Crippen molar-refractivity contribution in [3.8, 4) is 0 Å². The van der Waals surface area contributed by atoms with Crippen LogP contribution in [0.4, 0.5) is 5.69 Å². The number of carbonyl (C=O) groups is 1. The maximum absolute atomic E-state index is 12.1. The van der Waals surface area contributed by atoms with E-state index < -0.39 is 6.10 Å². The zero-order chi connectivity index (χ0) is 16.9. The standard InChI is InChI=1S/C19H28N2O3/c22-13-15-8-10-21(11-9-15)16-6-4-14(5-7-16)12-20-19(24)17-2-1-3-18(17)23/h4-7,15,17-18,22-23H,1-3,8-13H2,(H,20,24). The molecule has 2 aliphatic rings. The van der Waals surface area contributed by atoms with Crippen LogP contribution < -0.4 is 10.2 Å². The Balaban J connectivity index is 1.49. The molecule has 24 heavy (non-hydrogen) atoms.